The molecule has 5 aliphatic rings. The van der Waals surface area contributed by atoms with E-state index in [1.165, 1.54) is 73.1 Å². The van der Waals surface area contributed by atoms with Crippen molar-refractivity contribution in [1.82, 2.24) is 49.0 Å². The molecule has 48 heteroatoms. The SMILES string of the molecule is CN1C=CN(CCCNc2ccc(OCCO)cc2[N+](=O)[O-])C1.CN1C=CN(CCCNc2ccc([N+](=O)[O-])cc2)C1.CN1C=CN(CCCNc2ccc([N+](=O)[O-])cc2)C1.CN1C=CN(CCCOc2cc([N+](=O)[O-])ccc2N)C1.CS(=O)(=O)O[O-].CS(=O)(=O)[O-].C[Si](C)(C)CCCN1C=CN(CCCNc2cc(Cl)c(Cl)cc2[N+](=O)[O-])C1.Cl.[Br-].[Cl-]. The summed E-state index contributed by atoms with van der Waals surface area (Å²) < 4.78 is 59.5. The average Bonchev–Trinajstić information content (AvgIpc) is 0.962. The maximum Gasteiger partial charge on any atom is 0.296 e. The quantitative estimate of drug-likeness (QED) is 0.00601. The minimum Gasteiger partial charge on any atom is -1.00 e. The van der Waals surface area contributed by atoms with E-state index in [2.05, 4.69) is 131 Å². The molecule has 5 aliphatic heterocycles. The van der Waals surface area contributed by atoms with E-state index in [0.29, 0.717) is 65.8 Å². The summed E-state index contributed by atoms with van der Waals surface area (Å²) in [5, 5.41) is 84.8. The van der Waals surface area contributed by atoms with Gasteiger partial charge in [0.1, 0.15) is 29.5 Å². The van der Waals surface area contributed by atoms with Gasteiger partial charge in [0.15, 0.2) is 0 Å². The van der Waals surface area contributed by atoms with Gasteiger partial charge >= 0.3 is 0 Å². The van der Waals surface area contributed by atoms with E-state index in [1.807, 2.05) is 53.0 Å². The molecule has 40 nitrogen and oxygen atoms in total. The van der Waals surface area contributed by atoms with Crippen LogP contribution in [0.3, 0.4) is 0 Å². The zero-order chi connectivity index (χ0) is 88.3. The summed E-state index contributed by atoms with van der Waals surface area (Å²) in [5.41, 5.74) is 9.00. The predicted octanol–water partition coefficient (Wildman–Crippen LogP) is 4.52. The van der Waals surface area contributed by atoms with Crippen molar-refractivity contribution >= 4 is 121 Å². The number of nitrogens with two attached hydrogens (primary N) is 1. The van der Waals surface area contributed by atoms with Crippen molar-refractivity contribution in [2.75, 3.05) is 186 Å². The second-order valence-electron chi connectivity index (χ2n) is 28.7. The van der Waals surface area contributed by atoms with Crippen molar-refractivity contribution < 1.29 is 99.6 Å². The topological polar surface area (TPSA) is 485 Å². The lowest BCUT2D eigenvalue weighted by molar-refractivity contribution is -0.634. The van der Waals surface area contributed by atoms with Gasteiger partial charge in [-0.05, 0) is 87.1 Å². The molecule has 0 atom stereocenters. The van der Waals surface area contributed by atoms with Gasteiger partial charge in [0.05, 0.1) is 115 Å². The highest BCUT2D eigenvalue weighted by atomic mass is 79.9. The first kappa shape index (κ1) is 110. The monoisotopic (exact) mass is 1910 g/mol. The number of hydrogen-bond donors (Lipinski definition) is 6. The van der Waals surface area contributed by atoms with Crippen LogP contribution in [0.4, 0.5) is 56.9 Å². The number of hydrogen-bond acceptors (Lipinski definition) is 35. The van der Waals surface area contributed by atoms with Crippen molar-refractivity contribution in [3.63, 3.8) is 0 Å². The van der Waals surface area contributed by atoms with E-state index < -0.39 is 43.1 Å². The zero-order valence-electron chi connectivity index (χ0n) is 69.4. The second kappa shape index (κ2) is 57.4. The molecule has 0 radical (unpaired) electrons. The van der Waals surface area contributed by atoms with Crippen LogP contribution in [0.5, 0.6) is 11.5 Å². The van der Waals surface area contributed by atoms with Gasteiger partial charge in [0.25, 0.3) is 38.6 Å². The van der Waals surface area contributed by atoms with E-state index >= 15 is 0 Å². The number of nitrogen functional groups attached to an aromatic ring is 1. The molecular formula is C74H111BrCl4N20O20S2Si-4. The first-order chi connectivity index (χ1) is 56.2. The highest BCUT2D eigenvalue weighted by Crippen LogP contribution is 2.35. The van der Waals surface area contributed by atoms with Crippen molar-refractivity contribution in [2.45, 2.75) is 64.2 Å². The predicted molar refractivity (Wildman–Crippen MR) is 468 cm³/mol. The second-order valence-corrected chi connectivity index (χ2v) is 38.1. The van der Waals surface area contributed by atoms with E-state index in [-0.39, 0.29) is 98.3 Å². The Morgan fingerprint density at radius 3 is 1.17 bits per heavy atom. The van der Waals surface area contributed by atoms with Crippen LogP contribution in [0.15, 0.2) is 159 Å². The fourth-order valence-corrected chi connectivity index (χ4v) is 12.6. The summed E-state index contributed by atoms with van der Waals surface area (Å²) in [5.74, 6) is 0.745. The largest absolute Gasteiger partial charge is 1.00 e. The number of benzene rings is 5. The first-order valence-electron chi connectivity index (χ1n) is 37.5. The molecule has 0 unspecified atom stereocenters. The third kappa shape index (κ3) is 47.4. The Hall–Kier alpha value is -10.0. The van der Waals surface area contributed by atoms with Crippen molar-refractivity contribution in [3.8, 4) is 11.5 Å². The summed E-state index contributed by atoms with van der Waals surface area (Å²) in [6.07, 6.45) is 27.8. The molecule has 5 heterocycles. The normalized spacial score (nSPS) is 13.3. The molecule has 0 spiro atoms. The van der Waals surface area contributed by atoms with Crippen LogP contribution >= 0.6 is 35.6 Å². The lowest BCUT2D eigenvalue weighted by Crippen LogP contribution is -3.00. The maximum atomic E-state index is 11.2. The Balaban J connectivity index is 0.000000737. The van der Waals surface area contributed by atoms with Crippen LogP contribution in [0.2, 0.25) is 35.7 Å². The number of ether oxygens (including phenoxy) is 2. The summed E-state index contributed by atoms with van der Waals surface area (Å²) in [7, 11) is -0.480. The summed E-state index contributed by atoms with van der Waals surface area (Å²) in [6, 6.07) is 26.0. The minimum atomic E-state index is -3.92. The van der Waals surface area contributed by atoms with Crippen molar-refractivity contribution in [3.05, 3.63) is 220 Å². The fourth-order valence-electron chi connectivity index (χ4n) is 11.1. The average molecular weight is 1910 g/mol. The lowest BCUT2D eigenvalue weighted by atomic mass is 10.2. The lowest BCUT2D eigenvalue weighted by Gasteiger charge is -2.23. The number of non-ortho nitro benzene ring substituents is 3. The number of nitro groups is 5. The molecule has 7 N–H and O–H groups in total. The van der Waals surface area contributed by atoms with Crippen LogP contribution in [-0.2, 0) is 24.6 Å². The fraction of sp³-hybridized carbons (Fsp3) is 0.459. The Kier molecular flexibility index (Phi) is 51.7. The standard InChI is InChI=1S/C18H28Cl2N4O2Si.C15H22N4O4.C13H18N4O3.2C13H18N4O2.CH4O4S.CH4O3S.BrH.2ClH/c1-27(2,3)11-5-8-23-10-9-22(14-23)7-4-6-21-17-12-15(19)16(20)13-18(17)24(25)26;1-17-7-8-18(12-17)6-2-5-16-14-4-3-13(23-10-9-20)11-15(14)19(21)22;1-15-6-7-16(10-15)5-2-8-20-13-9-11(17(18)19)3-4-12(13)14;2*1-15-9-10-16(11-15)8-2-7-14-12-3-5-13(6-4-12)17(18)19;1-6(3,4)5-2;1-5(2,3)4;;;/h9-10,12-13,21H,4-8,11,14H2,1-3H3;3-4,7-8,11,16,20H,2,5-6,9-10,12H2,1H3;3-4,6-7,9H,2,5,8,10,14H2,1H3;2*3-6,9-10,14H,2,7-8,11H2,1H3;2H,1H3;1H3,(H,2,3,4);3*1H/p-4. The van der Waals surface area contributed by atoms with Crippen molar-refractivity contribution in [1.29, 1.82) is 0 Å². The van der Waals surface area contributed by atoms with Crippen LogP contribution in [0, 0.1) is 50.6 Å². The van der Waals surface area contributed by atoms with Crippen LogP contribution in [-0.4, -0.2) is 267 Å². The zero-order valence-corrected chi connectivity index (χ0v) is 76.7. The highest BCUT2D eigenvalue weighted by molar-refractivity contribution is 7.85. The molecule has 0 aromatic heterocycles. The number of aliphatic hydroxyl groups excluding tert-OH is 1. The Labute approximate surface area is 746 Å². The minimum absolute atomic E-state index is 0. The summed E-state index contributed by atoms with van der Waals surface area (Å²) >= 11 is 11.8. The van der Waals surface area contributed by atoms with Crippen LogP contribution in [0.1, 0.15) is 38.5 Å². The van der Waals surface area contributed by atoms with Gasteiger partial charge in [-0.1, -0.05) is 48.9 Å². The van der Waals surface area contributed by atoms with Gasteiger partial charge < -0.3 is 134 Å². The third-order valence-electron chi connectivity index (χ3n) is 16.8. The van der Waals surface area contributed by atoms with E-state index in [0.717, 1.165) is 129 Å². The van der Waals surface area contributed by atoms with Gasteiger partial charge in [-0.15, -0.1) is 12.4 Å². The molecule has 122 heavy (non-hydrogen) atoms. The number of nitro benzene ring substituents is 5. The van der Waals surface area contributed by atoms with Gasteiger partial charge in [0.2, 0.25) is 0 Å². The molecular weight excluding hydrogens is 1800 g/mol. The van der Waals surface area contributed by atoms with Gasteiger partial charge in [0, 0.05) is 218 Å². The first-order valence-corrected chi connectivity index (χ1v) is 45.6. The molecule has 0 saturated heterocycles. The Morgan fingerprint density at radius 1 is 0.467 bits per heavy atom. The molecule has 0 aliphatic carbocycles. The van der Waals surface area contributed by atoms with Crippen LogP contribution in [0.25, 0.3) is 0 Å². The van der Waals surface area contributed by atoms with Crippen LogP contribution < -0.4 is 71.1 Å². The van der Waals surface area contributed by atoms with Gasteiger partial charge in [-0.25, -0.2) is 16.8 Å². The van der Waals surface area contributed by atoms with E-state index in [9.17, 15) is 59.0 Å². The number of anilines is 5. The molecule has 5 aromatic carbocycles. The van der Waals surface area contributed by atoms with Crippen molar-refractivity contribution in [2.24, 2.45) is 0 Å². The third-order valence-corrected chi connectivity index (χ3v) is 19.7. The highest BCUT2D eigenvalue weighted by Gasteiger charge is 2.21. The Bertz CT molecular complexity index is 4320. The summed E-state index contributed by atoms with van der Waals surface area (Å²) in [4.78, 5) is 73.8. The van der Waals surface area contributed by atoms with E-state index in [1.54, 1.807) is 36.4 Å². The Morgan fingerprint density at radius 2 is 0.811 bits per heavy atom. The summed E-state index contributed by atoms with van der Waals surface area (Å²) in [6.45, 7) is 20.9. The molecule has 0 bridgehead atoms. The molecule has 682 valence electrons. The molecule has 0 saturated carbocycles. The number of nitrogens with one attached hydrogen (secondary N) is 4. The maximum absolute atomic E-state index is 11.2. The molecule has 0 amide bonds. The number of aliphatic hydroxyl groups is 1. The van der Waals surface area contributed by atoms with Gasteiger partial charge in [-0.2, -0.15) is 0 Å². The number of nitrogens with zero attached hydrogens (tertiary/aromatic N) is 15. The molecule has 0 fully saturated rings. The number of rotatable bonds is 38. The van der Waals surface area contributed by atoms with E-state index in [4.69, 9.17) is 61.7 Å². The number of halogens is 5. The molecule has 10 rings (SSSR count). The smallest absolute Gasteiger partial charge is 0.296 e. The molecule has 5 aromatic rings. The van der Waals surface area contributed by atoms with Gasteiger partial charge in [-0.3, -0.25) is 50.6 Å².